The minimum atomic E-state index is -0.0325. The van der Waals surface area contributed by atoms with Crippen LogP contribution >= 0.6 is 0 Å². The molecule has 16 heavy (non-hydrogen) atoms. The minimum Gasteiger partial charge on any atom is -0.346 e. The quantitative estimate of drug-likeness (QED) is 0.771. The molecular formula is C14H19NO. The first-order chi connectivity index (χ1) is 7.67. The van der Waals surface area contributed by atoms with Crippen LogP contribution in [-0.4, -0.2) is 5.91 Å². The van der Waals surface area contributed by atoms with Gasteiger partial charge in [-0.15, -0.1) is 0 Å². The molecule has 1 aromatic rings. The van der Waals surface area contributed by atoms with Gasteiger partial charge in [-0.25, -0.2) is 0 Å². The Morgan fingerprint density at radius 1 is 1.38 bits per heavy atom. The molecule has 0 aliphatic heterocycles. The third kappa shape index (κ3) is 3.54. The highest BCUT2D eigenvalue weighted by atomic mass is 16.1. The van der Waals surface area contributed by atoms with E-state index in [-0.39, 0.29) is 11.9 Å². The van der Waals surface area contributed by atoms with Crippen LogP contribution in [0.3, 0.4) is 0 Å². The molecule has 0 saturated heterocycles. The summed E-state index contributed by atoms with van der Waals surface area (Å²) >= 11 is 0. The van der Waals surface area contributed by atoms with Crippen LogP contribution in [0.15, 0.2) is 36.4 Å². The average molecular weight is 217 g/mol. The fraction of sp³-hybridized carbons (Fsp3) is 0.357. The van der Waals surface area contributed by atoms with Crippen molar-refractivity contribution in [2.45, 2.75) is 33.2 Å². The predicted octanol–water partition coefficient (Wildman–Crippen LogP) is 3.14. The molecule has 1 aromatic carbocycles. The van der Waals surface area contributed by atoms with Gasteiger partial charge in [0.2, 0.25) is 5.91 Å². The highest BCUT2D eigenvalue weighted by Crippen LogP contribution is 2.16. The summed E-state index contributed by atoms with van der Waals surface area (Å²) in [5, 5.41) is 2.98. The Morgan fingerprint density at radius 3 is 2.50 bits per heavy atom. The van der Waals surface area contributed by atoms with Crippen molar-refractivity contribution in [3.05, 3.63) is 47.5 Å². The fourth-order valence-corrected chi connectivity index (χ4v) is 1.59. The van der Waals surface area contributed by atoms with E-state index in [0.29, 0.717) is 0 Å². The van der Waals surface area contributed by atoms with E-state index in [4.69, 9.17) is 0 Å². The summed E-state index contributed by atoms with van der Waals surface area (Å²) in [6.07, 6.45) is 4.19. The summed E-state index contributed by atoms with van der Waals surface area (Å²) < 4.78 is 0. The van der Waals surface area contributed by atoms with Gasteiger partial charge in [0.25, 0.3) is 0 Å². The topological polar surface area (TPSA) is 29.1 Å². The second-order valence-corrected chi connectivity index (χ2v) is 3.88. The van der Waals surface area contributed by atoms with Crippen molar-refractivity contribution in [2.24, 2.45) is 0 Å². The third-order valence-electron chi connectivity index (χ3n) is 2.52. The number of allylic oxidation sites excluding steroid dienone is 1. The van der Waals surface area contributed by atoms with E-state index in [1.165, 1.54) is 5.56 Å². The lowest BCUT2D eigenvalue weighted by molar-refractivity contribution is -0.117. The number of aryl methyl sites for hydroxylation is 1. The molecule has 1 rings (SSSR count). The molecule has 0 aromatic heterocycles. The first-order valence-corrected chi connectivity index (χ1v) is 5.67. The smallest absolute Gasteiger partial charge is 0.244 e. The summed E-state index contributed by atoms with van der Waals surface area (Å²) in [6.45, 7) is 5.97. The maximum atomic E-state index is 11.5. The standard InChI is InChI=1S/C14H19NO/c1-4-6-14(16)15-13(5-2)12-9-7-11(3)8-10-12/h4,6-10,13H,5H2,1-3H3,(H,15,16). The normalized spacial score (nSPS) is 12.7. The number of hydrogen-bond donors (Lipinski definition) is 1. The van der Waals surface area contributed by atoms with Crippen molar-refractivity contribution in [2.75, 3.05) is 0 Å². The largest absolute Gasteiger partial charge is 0.346 e. The molecule has 1 atom stereocenters. The van der Waals surface area contributed by atoms with Crippen LogP contribution in [0.1, 0.15) is 37.4 Å². The van der Waals surface area contributed by atoms with Crippen LogP contribution in [0, 0.1) is 6.92 Å². The average Bonchev–Trinajstić information content (AvgIpc) is 2.27. The van der Waals surface area contributed by atoms with E-state index in [1.54, 1.807) is 12.2 Å². The summed E-state index contributed by atoms with van der Waals surface area (Å²) in [5.41, 5.74) is 2.39. The van der Waals surface area contributed by atoms with E-state index >= 15 is 0 Å². The maximum absolute atomic E-state index is 11.5. The van der Waals surface area contributed by atoms with Crippen LogP contribution in [0.2, 0.25) is 0 Å². The third-order valence-corrected chi connectivity index (χ3v) is 2.52. The fourth-order valence-electron chi connectivity index (χ4n) is 1.59. The molecule has 2 nitrogen and oxygen atoms in total. The van der Waals surface area contributed by atoms with Gasteiger partial charge in [0, 0.05) is 0 Å². The molecule has 0 radical (unpaired) electrons. The number of carbonyl (C=O) groups is 1. The Morgan fingerprint density at radius 2 is 2.00 bits per heavy atom. The van der Waals surface area contributed by atoms with Gasteiger partial charge in [-0.1, -0.05) is 42.8 Å². The van der Waals surface area contributed by atoms with Gasteiger partial charge in [-0.3, -0.25) is 4.79 Å². The predicted molar refractivity (Wildman–Crippen MR) is 67.2 cm³/mol. The first-order valence-electron chi connectivity index (χ1n) is 5.67. The number of carbonyl (C=O) groups excluding carboxylic acids is 1. The summed E-state index contributed by atoms with van der Waals surface area (Å²) in [5.74, 6) is -0.0325. The van der Waals surface area contributed by atoms with Crippen molar-refractivity contribution in [3.63, 3.8) is 0 Å². The highest BCUT2D eigenvalue weighted by molar-refractivity contribution is 5.87. The van der Waals surface area contributed by atoms with Gasteiger partial charge < -0.3 is 5.32 Å². The first kappa shape index (κ1) is 12.5. The van der Waals surface area contributed by atoms with E-state index in [9.17, 15) is 4.79 Å². The molecule has 1 amide bonds. The zero-order chi connectivity index (χ0) is 12.0. The lowest BCUT2D eigenvalue weighted by atomic mass is 10.0. The van der Waals surface area contributed by atoms with Crippen molar-refractivity contribution in [3.8, 4) is 0 Å². The zero-order valence-corrected chi connectivity index (χ0v) is 10.2. The van der Waals surface area contributed by atoms with Crippen LogP contribution in [0.25, 0.3) is 0 Å². The molecule has 0 bridgehead atoms. The number of hydrogen-bond acceptors (Lipinski definition) is 1. The van der Waals surface area contributed by atoms with Crippen molar-refractivity contribution < 1.29 is 4.79 Å². The maximum Gasteiger partial charge on any atom is 0.244 e. The van der Waals surface area contributed by atoms with Crippen LogP contribution in [-0.2, 0) is 4.79 Å². The Balaban J connectivity index is 2.74. The van der Waals surface area contributed by atoms with E-state index in [2.05, 4.69) is 43.4 Å². The number of benzene rings is 1. The summed E-state index contributed by atoms with van der Waals surface area (Å²) in [7, 11) is 0. The number of amides is 1. The second-order valence-electron chi connectivity index (χ2n) is 3.88. The minimum absolute atomic E-state index is 0.0325. The van der Waals surface area contributed by atoms with Crippen LogP contribution in [0.5, 0.6) is 0 Å². The monoisotopic (exact) mass is 217 g/mol. The van der Waals surface area contributed by atoms with Crippen LogP contribution < -0.4 is 5.32 Å². The second kappa shape index (κ2) is 6.11. The van der Waals surface area contributed by atoms with Crippen LogP contribution in [0.4, 0.5) is 0 Å². The van der Waals surface area contributed by atoms with Gasteiger partial charge in [-0.2, -0.15) is 0 Å². The van der Waals surface area contributed by atoms with Gasteiger partial charge in [0.1, 0.15) is 0 Å². The molecule has 0 aliphatic carbocycles. The van der Waals surface area contributed by atoms with Gasteiger partial charge >= 0.3 is 0 Å². The lowest BCUT2D eigenvalue weighted by Crippen LogP contribution is -2.26. The highest BCUT2D eigenvalue weighted by Gasteiger charge is 2.10. The van der Waals surface area contributed by atoms with Gasteiger partial charge in [0.05, 0.1) is 6.04 Å². The molecular weight excluding hydrogens is 198 g/mol. The number of nitrogens with one attached hydrogen (secondary N) is 1. The summed E-state index contributed by atoms with van der Waals surface area (Å²) in [4.78, 5) is 11.5. The SMILES string of the molecule is CC=CC(=O)NC(CC)c1ccc(C)cc1. The Bertz CT molecular complexity index is 365. The number of rotatable bonds is 4. The van der Waals surface area contributed by atoms with E-state index in [1.807, 2.05) is 6.92 Å². The molecule has 0 spiro atoms. The van der Waals surface area contributed by atoms with Gasteiger partial charge in [0.15, 0.2) is 0 Å². The van der Waals surface area contributed by atoms with Crippen molar-refractivity contribution >= 4 is 5.91 Å². The van der Waals surface area contributed by atoms with Gasteiger partial charge in [-0.05, 0) is 31.9 Å². The Labute approximate surface area is 97.4 Å². The molecule has 0 fully saturated rings. The molecule has 2 heteroatoms. The van der Waals surface area contributed by atoms with E-state index < -0.39 is 0 Å². The Kier molecular flexibility index (Phi) is 4.77. The van der Waals surface area contributed by atoms with Crippen molar-refractivity contribution in [1.29, 1.82) is 0 Å². The molecule has 86 valence electrons. The molecule has 0 aliphatic rings. The van der Waals surface area contributed by atoms with Crippen molar-refractivity contribution in [1.82, 2.24) is 5.32 Å². The summed E-state index contributed by atoms with van der Waals surface area (Å²) in [6, 6.07) is 8.38. The lowest BCUT2D eigenvalue weighted by Gasteiger charge is -2.16. The molecule has 1 unspecified atom stereocenters. The Hall–Kier alpha value is -1.57. The molecule has 0 saturated carbocycles. The molecule has 0 heterocycles. The molecule has 1 N–H and O–H groups in total. The van der Waals surface area contributed by atoms with E-state index in [0.717, 1.165) is 12.0 Å². The zero-order valence-electron chi connectivity index (χ0n) is 10.2.